The molecule has 2 N–H and O–H groups in total. The summed E-state index contributed by atoms with van der Waals surface area (Å²) in [5, 5.41) is 9.77. The van der Waals surface area contributed by atoms with E-state index in [9.17, 15) is 13.6 Å². The summed E-state index contributed by atoms with van der Waals surface area (Å²) in [6.07, 6.45) is 1.31. The van der Waals surface area contributed by atoms with Gasteiger partial charge in [0.25, 0.3) is 5.56 Å². The Labute approximate surface area is 140 Å². The van der Waals surface area contributed by atoms with Crippen molar-refractivity contribution in [3.8, 4) is 11.5 Å². The second-order valence-electron chi connectivity index (χ2n) is 4.48. The monoisotopic (exact) mass is 358 g/mol. The number of halogens is 3. The smallest absolute Gasteiger partial charge is 0.387 e. The zero-order valence-electron chi connectivity index (χ0n) is 12.6. The van der Waals surface area contributed by atoms with Gasteiger partial charge in [-0.1, -0.05) is 11.6 Å². The second-order valence-corrected chi connectivity index (χ2v) is 4.86. The van der Waals surface area contributed by atoms with Crippen LogP contribution in [0, 0.1) is 0 Å². The lowest BCUT2D eigenvalue weighted by Crippen LogP contribution is -2.10. The maximum atomic E-state index is 12.3. The highest BCUT2D eigenvalue weighted by atomic mass is 35.5. The third kappa shape index (κ3) is 4.19. The molecular formula is C14H13ClF2N4O3. The summed E-state index contributed by atoms with van der Waals surface area (Å²) in [5.74, 6) is 0.0528. The minimum absolute atomic E-state index is 0.0835. The number of aromatic nitrogens is 2. The van der Waals surface area contributed by atoms with Crippen molar-refractivity contribution in [2.45, 2.75) is 13.5 Å². The molecule has 0 atom stereocenters. The Bertz CT molecular complexity index is 811. The first-order chi connectivity index (χ1) is 11.4. The Morgan fingerprint density at radius 3 is 2.83 bits per heavy atom. The van der Waals surface area contributed by atoms with Gasteiger partial charge in [-0.15, -0.1) is 0 Å². The first-order valence-corrected chi connectivity index (χ1v) is 6.97. The van der Waals surface area contributed by atoms with Crippen LogP contribution in [0.5, 0.6) is 11.5 Å². The Hall–Kier alpha value is -2.68. The first kappa shape index (κ1) is 17.7. The van der Waals surface area contributed by atoms with E-state index >= 15 is 0 Å². The number of anilines is 1. The van der Waals surface area contributed by atoms with Gasteiger partial charge in [0.15, 0.2) is 11.5 Å². The number of aromatic amines is 1. The molecule has 24 heavy (non-hydrogen) atoms. The summed E-state index contributed by atoms with van der Waals surface area (Å²) in [5.41, 5.74) is 3.38. The van der Waals surface area contributed by atoms with Gasteiger partial charge in [-0.3, -0.25) is 10.2 Å². The van der Waals surface area contributed by atoms with Crippen LogP contribution in [0.15, 0.2) is 34.3 Å². The number of ether oxygens (including phenoxy) is 2. The van der Waals surface area contributed by atoms with Crippen molar-refractivity contribution in [1.82, 2.24) is 10.2 Å². The predicted octanol–water partition coefficient (Wildman–Crippen LogP) is 2.87. The summed E-state index contributed by atoms with van der Waals surface area (Å²) in [6, 6.07) is 4.38. The van der Waals surface area contributed by atoms with Gasteiger partial charge in [-0.25, -0.2) is 5.10 Å². The molecule has 0 saturated heterocycles. The third-order valence-corrected chi connectivity index (χ3v) is 3.31. The molecule has 0 saturated carbocycles. The predicted molar refractivity (Wildman–Crippen MR) is 85.3 cm³/mol. The lowest BCUT2D eigenvalue weighted by Gasteiger charge is -2.11. The number of nitrogens with one attached hydrogen (secondary N) is 2. The molecule has 0 aliphatic carbocycles. The van der Waals surface area contributed by atoms with Crippen molar-refractivity contribution in [2.75, 3.05) is 12.5 Å². The van der Waals surface area contributed by atoms with Crippen LogP contribution in [0.4, 0.5) is 14.5 Å². The number of rotatable bonds is 6. The van der Waals surface area contributed by atoms with E-state index in [1.54, 1.807) is 13.0 Å². The molecule has 7 nitrogen and oxygen atoms in total. The molecule has 0 amide bonds. The number of H-pyrrole nitrogens is 1. The molecular weight excluding hydrogens is 346 g/mol. The minimum atomic E-state index is -2.95. The van der Waals surface area contributed by atoms with Gasteiger partial charge < -0.3 is 9.47 Å². The normalized spacial score (nSPS) is 11.5. The largest absolute Gasteiger partial charge is 0.493 e. The molecule has 0 radical (unpaired) electrons. The molecule has 2 rings (SSSR count). The van der Waals surface area contributed by atoms with Crippen LogP contribution in [-0.2, 0) is 0 Å². The molecule has 2 aromatic rings. The van der Waals surface area contributed by atoms with E-state index in [-0.39, 0.29) is 22.2 Å². The third-order valence-electron chi connectivity index (χ3n) is 2.94. The van der Waals surface area contributed by atoms with Crippen LogP contribution < -0.4 is 20.5 Å². The Balaban J connectivity index is 2.24. The molecule has 1 aromatic heterocycles. The van der Waals surface area contributed by atoms with E-state index in [0.29, 0.717) is 11.3 Å². The van der Waals surface area contributed by atoms with Gasteiger partial charge in [0.05, 0.1) is 19.0 Å². The number of hydrogen-bond acceptors (Lipinski definition) is 6. The van der Waals surface area contributed by atoms with Gasteiger partial charge in [-0.2, -0.15) is 19.0 Å². The lowest BCUT2D eigenvalue weighted by molar-refractivity contribution is -0.0512. The summed E-state index contributed by atoms with van der Waals surface area (Å²) in [6.45, 7) is -1.28. The number of nitrogens with zero attached hydrogens (tertiary/aromatic N) is 2. The molecule has 128 valence electrons. The Morgan fingerprint density at radius 2 is 2.17 bits per heavy atom. The van der Waals surface area contributed by atoms with Crippen molar-refractivity contribution in [3.63, 3.8) is 0 Å². The van der Waals surface area contributed by atoms with Gasteiger partial charge in [-0.05, 0) is 25.1 Å². The van der Waals surface area contributed by atoms with E-state index in [0.717, 1.165) is 0 Å². The van der Waals surface area contributed by atoms with E-state index < -0.39 is 12.2 Å². The molecule has 0 aliphatic heterocycles. The Morgan fingerprint density at radius 1 is 1.42 bits per heavy atom. The van der Waals surface area contributed by atoms with Gasteiger partial charge >= 0.3 is 6.61 Å². The van der Waals surface area contributed by atoms with Gasteiger partial charge in [0, 0.05) is 5.56 Å². The second kappa shape index (κ2) is 7.73. The maximum Gasteiger partial charge on any atom is 0.387 e. The van der Waals surface area contributed by atoms with Crippen molar-refractivity contribution in [2.24, 2.45) is 5.10 Å². The van der Waals surface area contributed by atoms with E-state index in [4.69, 9.17) is 16.3 Å². The molecule has 10 heteroatoms. The number of hydrogen-bond donors (Lipinski definition) is 2. The number of alkyl halides is 2. The average molecular weight is 359 g/mol. The fourth-order valence-corrected chi connectivity index (χ4v) is 1.89. The van der Waals surface area contributed by atoms with Crippen LogP contribution in [0.1, 0.15) is 12.5 Å². The zero-order valence-corrected chi connectivity index (χ0v) is 13.4. The van der Waals surface area contributed by atoms with Gasteiger partial charge in [0.2, 0.25) is 0 Å². The standard InChI is InChI=1S/C14H13ClF2N4O3/c1-7(19-20-9-6-18-21-13(22)12(9)15)8-3-4-10(24-14(16)17)11(5-8)23-2/h3-6,14H,1-2H3,(H2,20,21,22)/b19-7-. The molecule has 0 spiro atoms. The van der Waals surface area contributed by atoms with E-state index in [1.165, 1.54) is 25.4 Å². The topological polar surface area (TPSA) is 88.6 Å². The fourth-order valence-electron chi connectivity index (χ4n) is 1.76. The van der Waals surface area contributed by atoms with Crippen LogP contribution in [-0.4, -0.2) is 29.6 Å². The average Bonchev–Trinajstić information content (AvgIpc) is 2.55. The van der Waals surface area contributed by atoms with Crippen LogP contribution in [0.2, 0.25) is 5.02 Å². The van der Waals surface area contributed by atoms with Crippen LogP contribution in [0.25, 0.3) is 0 Å². The van der Waals surface area contributed by atoms with Crippen LogP contribution >= 0.6 is 11.6 Å². The molecule has 0 bridgehead atoms. The number of methoxy groups -OCH3 is 1. The van der Waals surface area contributed by atoms with E-state index in [2.05, 4.69) is 25.5 Å². The molecule has 0 aliphatic rings. The molecule has 1 aromatic carbocycles. The van der Waals surface area contributed by atoms with Crippen LogP contribution in [0.3, 0.4) is 0 Å². The summed E-state index contributed by atoms with van der Waals surface area (Å²) in [7, 11) is 1.34. The number of benzene rings is 1. The maximum absolute atomic E-state index is 12.3. The zero-order chi connectivity index (χ0) is 17.7. The highest BCUT2D eigenvalue weighted by molar-refractivity contribution is 6.32. The van der Waals surface area contributed by atoms with Crippen molar-refractivity contribution < 1.29 is 18.3 Å². The molecule has 0 fully saturated rings. The van der Waals surface area contributed by atoms with Gasteiger partial charge in [0.1, 0.15) is 10.7 Å². The summed E-state index contributed by atoms with van der Waals surface area (Å²) < 4.78 is 34.0. The lowest BCUT2D eigenvalue weighted by atomic mass is 10.1. The van der Waals surface area contributed by atoms with Crippen molar-refractivity contribution in [1.29, 1.82) is 0 Å². The summed E-state index contributed by atoms with van der Waals surface area (Å²) in [4.78, 5) is 11.3. The highest BCUT2D eigenvalue weighted by Crippen LogP contribution is 2.29. The van der Waals surface area contributed by atoms with Crippen molar-refractivity contribution in [3.05, 3.63) is 45.3 Å². The minimum Gasteiger partial charge on any atom is -0.493 e. The quantitative estimate of drug-likeness (QED) is 0.612. The van der Waals surface area contributed by atoms with Crippen molar-refractivity contribution >= 4 is 23.0 Å². The molecule has 0 unspecified atom stereocenters. The molecule has 1 heterocycles. The van der Waals surface area contributed by atoms with E-state index in [1.807, 2.05) is 0 Å². The first-order valence-electron chi connectivity index (χ1n) is 6.59. The Kier molecular flexibility index (Phi) is 5.69. The summed E-state index contributed by atoms with van der Waals surface area (Å²) >= 11 is 5.82. The fraction of sp³-hybridized carbons (Fsp3) is 0.214. The number of hydrazone groups is 1. The highest BCUT2D eigenvalue weighted by Gasteiger charge is 2.12. The SMILES string of the molecule is COc1cc(/C(C)=N\Nc2cn[nH]c(=O)c2Cl)ccc1OC(F)F.